The van der Waals surface area contributed by atoms with Gasteiger partial charge in [-0.2, -0.15) is 11.3 Å². The highest BCUT2D eigenvalue weighted by Gasteiger charge is 2.29. The van der Waals surface area contributed by atoms with Gasteiger partial charge in [0, 0.05) is 37.8 Å². The molecule has 29 heavy (non-hydrogen) atoms. The van der Waals surface area contributed by atoms with Gasteiger partial charge in [0.25, 0.3) is 0 Å². The Kier molecular flexibility index (Phi) is 5.14. The molecule has 152 valence electrons. The molecule has 1 aromatic carbocycles. The van der Waals surface area contributed by atoms with Gasteiger partial charge in [-0.15, -0.1) is 0 Å². The maximum Gasteiger partial charge on any atom is 0.341 e. The minimum atomic E-state index is -1.31. The lowest BCUT2D eigenvalue weighted by Crippen LogP contribution is -2.47. The third-order valence-corrected chi connectivity index (χ3v) is 6.24. The molecule has 1 fully saturated rings. The summed E-state index contributed by atoms with van der Waals surface area (Å²) < 4.78 is 16.9. The summed E-state index contributed by atoms with van der Waals surface area (Å²) in [7, 11) is 2.05. The summed E-state index contributed by atoms with van der Waals surface area (Å²) in [6.07, 6.45) is 1.34. The number of halogens is 1. The molecule has 3 aromatic rings. The highest BCUT2D eigenvalue weighted by molar-refractivity contribution is 7.08. The van der Waals surface area contributed by atoms with Crippen molar-refractivity contribution >= 4 is 33.9 Å². The van der Waals surface area contributed by atoms with E-state index in [1.54, 1.807) is 22.0 Å². The number of anilines is 1. The van der Waals surface area contributed by atoms with Gasteiger partial charge in [0.2, 0.25) is 5.43 Å². The van der Waals surface area contributed by atoms with Crippen LogP contribution in [0.5, 0.6) is 0 Å². The number of hydrogen-bond acceptors (Lipinski definition) is 5. The number of likely N-dealkylation sites (N-methyl/N-ethyl adjacent to an activating group) is 1. The number of thiophene rings is 1. The number of nitrogens with zero attached hydrogens (tertiary/aromatic N) is 3. The lowest BCUT2D eigenvalue weighted by Gasteiger charge is -2.41. The first-order valence-electron chi connectivity index (χ1n) is 9.48. The molecular formula is C21H22FN3O3S. The van der Waals surface area contributed by atoms with Crippen molar-refractivity contribution in [3.63, 3.8) is 0 Å². The number of aryl methyl sites for hydroxylation is 1. The van der Waals surface area contributed by atoms with E-state index in [4.69, 9.17) is 0 Å². The Labute approximate surface area is 171 Å². The van der Waals surface area contributed by atoms with E-state index in [9.17, 15) is 14.7 Å². The Morgan fingerprint density at radius 3 is 2.79 bits per heavy atom. The second-order valence-electron chi connectivity index (χ2n) is 7.31. The van der Waals surface area contributed by atoms with E-state index >= 15 is 4.39 Å². The fraction of sp³-hybridized carbons (Fsp3) is 0.333. The first-order valence-corrected chi connectivity index (χ1v) is 10.4. The van der Waals surface area contributed by atoms with Crippen molar-refractivity contribution in [1.29, 1.82) is 0 Å². The molecule has 0 aliphatic carbocycles. The lowest BCUT2D eigenvalue weighted by atomic mass is 10.0. The molecule has 6 nitrogen and oxygen atoms in total. The van der Waals surface area contributed by atoms with Crippen LogP contribution >= 0.6 is 11.3 Å². The van der Waals surface area contributed by atoms with E-state index in [-0.39, 0.29) is 17.0 Å². The molecule has 2 aromatic heterocycles. The summed E-state index contributed by atoms with van der Waals surface area (Å²) >= 11 is 1.61. The summed E-state index contributed by atoms with van der Waals surface area (Å²) in [5.41, 5.74) is 1.11. The molecule has 1 N–H and O–H groups in total. The zero-order chi connectivity index (χ0) is 20.7. The van der Waals surface area contributed by atoms with Crippen LogP contribution in [0, 0.1) is 5.82 Å². The number of fused-ring (bicyclic) bond motifs is 1. The first kappa shape index (κ1) is 19.6. The molecule has 0 saturated carbocycles. The van der Waals surface area contributed by atoms with E-state index in [0.717, 1.165) is 18.7 Å². The van der Waals surface area contributed by atoms with Crippen LogP contribution in [-0.2, 0) is 6.54 Å². The predicted octanol–water partition coefficient (Wildman–Crippen LogP) is 3.41. The minimum absolute atomic E-state index is 0.00652. The molecule has 1 unspecified atom stereocenters. The largest absolute Gasteiger partial charge is 0.477 e. The Morgan fingerprint density at radius 2 is 2.14 bits per heavy atom. The van der Waals surface area contributed by atoms with Gasteiger partial charge in [-0.3, -0.25) is 4.79 Å². The van der Waals surface area contributed by atoms with Crippen molar-refractivity contribution in [1.82, 2.24) is 9.47 Å². The zero-order valence-corrected chi connectivity index (χ0v) is 17.1. The monoisotopic (exact) mass is 415 g/mol. The molecule has 3 heterocycles. The second kappa shape index (κ2) is 7.61. The lowest BCUT2D eigenvalue weighted by molar-refractivity contribution is 0.0695. The van der Waals surface area contributed by atoms with E-state index < -0.39 is 17.2 Å². The van der Waals surface area contributed by atoms with Crippen molar-refractivity contribution in [2.24, 2.45) is 0 Å². The quantitative estimate of drug-likeness (QED) is 0.707. The van der Waals surface area contributed by atoms with E-state index in [2.05, 4.69) is 23.4 Å². The molecule has 1 atom stereocenters. The van der Waals surface area contributed by atoms with E-state index in [1.807, 2.05) is 17.2 Å². The average molecular weight is 415 g/mol. The standard InChI is InChI=1S/C21H22FN3O3S/c1-3-24-10-15(21(27)28)20(26)14-8-16(22)18(9-17(14)24)25-6-5-23(2)11-19(25)13-4-7-29-12-13/h4,7-10,12,19H,3,5-6,11H2,1-2H3,(H,27,28). The number of aromatic carboxylic acids is 1. The van der Waals surface area contributed by atoms with Crippen LogP contribution < -0.4 is 10.3 Å². The van der Waals surface area contributed by atoms with Crippen molar-refractivity contribution in [3.05, 3.63) is 62.3 Å². The summed E-state index contributed by atoms with van der Waals surface area (Å²) in [6, 6.07) is 4.94. The van der Waals surface area contributed by atoms with Crippen molar-refractivity contribution < 1.29 is 14.3 Å². The van der Waals surface area contributed by atoms with Gasteiger partial charge >= 0.3 is 5.97 Å². The van der Waals surface area contributed by atoms with Crippen LogP contribution in [0.25, 0.3) is 10.9 Å². The summed E-state index contributed by atoms with van der Waals surface area (Å²) in [6.45, 7) is 4.56. The molecule has 0 radical (unpaired) electrons. The summed E-state index contributed by atoms with van der Waals surface area (Å²) in [5, 5.41) is 13.5. The Hall–Kier alpha value is -2.71. The fourth-order valence-electron chi connectivity index (χ4n) is 3.99. The number of benzene rings is 1. The van der Waals surface area contributed by atoms with Crippen molar-refractivity contribution in [2.75, 3.05) is 31.6 Å². The zero-order valence-electron chi connectivity index (χ0n) is 16.3. The number of rotatable bonds is 4. The predicted molar refractivity (Wildman–Crippen MR) is 113 cm³/mol. The van der Waals surface area contributed by atoms with Crippen molar-refractivity contribution in [2.45, 2.75) is 19.5 Å². The molecule has 1 aliphatic heterocycles. The SMILES string of the molecule is CCn1cc(C(=O)O)c(=O)c2cc(F)c(N3CCN(C)CC3c3ccsc3)cc21. The van der Waals surface area contributed by atoms with Crippen LogP contribution in [0.15, 0.2) is 40.0 Å². The molecule has 8 heteroatoms. The number of pyridine rings is 1. The smallest absolute Gasteiger partial charge is 0.341 e. The van der Waals surface area contributed by atoms with Gasteiger partial charge in [-0.25, -0.2) is 9.18 Å². The Balaban J connectivity index is 1.90. The average Bonchev–Trinajstić information content (AvgIpc) is 3.23. The second-order valence-corrected chi connectivity index (χ2v) is 8.09. The number of carboxylic acids is 1. The van der Waals surface area contributed by atoms with Crippen LogP contribution in [0.4, 0.5) is 10.1 Å². The summed E-state index contributed by atoms with van der Waals surface area (Å²) in [5.74, 6) is -1.82. The van der Waals surface area contributed by atoms with Gasteiger partial charge in [-0.1, -0.05) is 0 Å². The van der Waals surface area contributed by atoms with E-state index in [0.29, 0.717) is 24.3 Å². The van der Waals surface area contributed by atoms with E-state index in [1.165, 1.54) is 12.3 Å². The van der Waals surface area contributed by atoms with Gasteiger partial charge in [0.1, 0.15) is 11.4 Å². The molecule has 4 rings (SSSR count). The van der Waals surface area contributed by atoms with Crippen LogP contribution in [0.3, 0.4) is 0 Å². The van der Waals surface area contributed by atoms with Gasteiger partial charge in [0.05, 0.1) is 17.2 Å². The number of carboxylic acid groups (broad SMARTS) is 1. The topological polar surface area (TPSA) is 65.8 Å². The summed E-state index contributed by atoms with van der Waals surface area (Å²) in [4.78, 5) is 28.3. The van der Waals surface area contributed by atoms with Crippen LogP contribution in [0.2, 0.25) is 0 Å². The molecular weight excluding hydrogens is 393 g/mol. The third kappa shape index (κ3) is 3.42. The Bertz CT molecular complexity index is 1130. The maximum atomic E-state index is 15.2. The number of hydrogen-bond donors (Lipinski definition) is 1. The minimum Gasteiger partial charge on any atom is -0.477 e. The number of aromatic nitrogens is 1. The maximum absolute atomic E-state index is 15.2. The molecule has 0 bridgehead atoms. The van der Waals surface area contributed by atoms with Gasteiger partial charge < -0.3 is 19.5 Å². The van der Waals surface area contributed by atoms with Crippen LogP contribution in [0.1, 0.15) is 28.9 Å². The molecule has 0 amide bonds. The van der Waals surface area contributed by atoms with Gasteiger partial charge in [-0.05, 0) is 48.5 Å². The van der Waals surface area contributed by atoms with Crippen LogP contribution in [-0.4, -0.2) is 47.2 Å². The third-order valence-electron chi connectivity index (χ3n) is 5.54. The Morgan fingerprint density at radius 1 is 1.34 bits per heavy atom. The number of carbonyl (C=O) groups is 1. The van der Waals surface area contributed by atoms with Crippen molar-refractivity contribution in [3.8, 4) is 0 Å². The fourth-order valence-corrected chi connectivity index (χ4v) is 4.70. The highest BCUT2D eigenvalue weighted by Crippen LogP contribution is 2.34. The number of piperazine rings is 1. The molecule has 1 aliphatic rings. The highest BCUT2D eigenvalue weighted by atomic mass is 32.1. The molecule has 1 saturated heterocycles. The molecule has 0 spiro atoms. The normalized spacial score (nSPS) is 17.8. The van der Waals surface area contributed by atoms with Gasteiger partial charge in [0.15, 0.2) is 0 Å². The first-order chi connectivity index (χ1) is 13.9.